The second kappa shape index (κ2) is 13.1. The van der Waals surface area contributed by atoms with Gasteiger partial charge in [0.2, 0.25) is 0 Å². The van der Waals surface area contributed by atoms with Gasteiger partial charge in [0.1, 0.15) is 0 Å². The summed E-state index contributed by atoms with van der Waals surface area (Å²) in [6.45, 7) is 13.4. The molecule has 1 atom stereocenters. The number of hydrogen-bond acceptors (Lipinski definition) is 0. The summed E-state index contributed by atoms with van der Waals surface area (Å²) >= 11 is 12.8. The first-order chi connectivity index (χ1) is 20.6. The van der Waals surface area contributed by atoms with E-state index in [1.165, 1.54) is 87.3 Å². The SMILES string of the molecule is Cc1cc(C)c(-c2ccc3c(c2)-c2cc(-c4c(C)cc(C)cc4C)c[c]([Ti+2][CH]4C=Cc5c(Cl)ccc(Cl)c54)c2C3)c(C)c1.[Cl-].[Cl-]. The largest absolute Gasteiger partial charge is 1.00 e. The van der Waals surface area contributed by atoms with Crippen LogP contribution in [-0.4, -0.2) is 0 Å². The van der Waals surface area contributed by atoms with Crippen LogP contribution in [0.4, 0.5) is 0 Å². The van der Waals surface area contributed by atoms with Crippen LogP contribution in [-0.2, 0) is 25.6 Å². The molecule has 0 fully saturated rings. The molecule has 0 aromatic heterocycles. The van der Waals surface area contributed by atoms with Gasteiger partial charge in [0.25, 0.3) is 0 Å². The average Bonchev–Trinajstić information content (AvgIpc) is 3.52. The summed E-state index contributed by atoms with van der Waals surface area (Å²) in [6.07, 6.45) is 5.50. The minimum Gasteiger partial charge on any atom is -1.00 e. The van der Waals surface area contributed by atoms with Crippen LogP contribution < -0.4 is 28.7 Å². The van der Waals surface area contributed by atoms with Gasteiger partial charge in [0.05, 0.1) is 0 Å². The standard InChI is InChI=1S/C31H29.C9H5Cl2.2ClH.Ti/c1-18-11-20(3)30(21(4)12-18)26-9-7-24-15-25-8-10-27(17-29(25)28(24)16-26)31-22(5)13-19(2)14-23(31)6;10-8-4-5-9(11)7-3-1-2-6(7)8;;;/h7,9-14,16-17H,15H2,1-6H3;1-5H;2*1H;/q;;;;+2/p-2. The minimum absolute atomic E-state index is 0. The molecule has 0 amide bonds. The third-order valence-electron chi connectivity index (χ3n) is 9.21. The summed E-state index contributed by atoms with van der Waals surface area (Å²) in [5.41, 5.74) is 21.3. The molecule has 0 bridgehead atoms. The monoisotopic (exact) mass is 702 g/mol. The number of halogens is 4. The molecular formula is C40H34Cl4Ti. The van der Waals surface area contributed by atoms with E-state index in [4.69, 9.17) is 23.2 Å². The molecule has 45 heavy (non-hydrogen) atoms. The zero-order valence-electron chi connectivity index (χ0n) is 26.3. The zero-order chi connectivity index (χ0) is 30.2. The summed E-state index contributed by atoms with van der Waals surface area (Å²) in [7, 11) is 0. The van der Waals surface area contributed by atoms with Crippen LogP contribution in [0.1, 0.15) is 59.9 Å². The van der Waals surface area contributed by atoms with Crippen molar-refractivity contribution in [2.75, 3.05) is 0 Å². The number of fused-ring (bicyclic) bond motifs is 4. The van der Waals surface area contributed by atoms with Crippen LogP contribution in [0.5, 0.6) is 0 Å². The molecule has 5 aromatic carbocycles. The Bertz CT molecular complexity index is 1970. The second-order valence-corrected chi connectivity index (χ2v) is 15.6. The Labute approximate surface area is 299 Å². The summed E-state index contributed by atoms with van der Waals surface area (Å²) < 4.78 is 1.84. The fourth-order valence-electron chi connectivity index (χ4n) is 7.62. The fraction of sp³-hybridized carbons (Fsp3) is 0.200. The number of aryl methyl sites for hydroxylation is 6. The molecule has 0 saturated carbocycles. The molecule has 0 heterocycles. The van der Waals surface area contributed by atoms with Crippen molar-refractivity contribution in [1.29, 1.82) is 0 Å². The molecule has 1 unspecified atom stereocenters. The van der Waals surface area contributed by atoms with Crippen LogP contribution in [0.2, 0.25) is 10.0 Å². The van der Waals surface area contributed by atoms with Gasteiger partial charge in [-0.15, -0.1) is 0 Å². The maximum absolute atomic E-state index is 6.81. The van der Waals surface area contributed by atoms with Crippen molar-refractivity contribution in [3.8, 4) is 33.4 Å². The fourth-order valence-corrected chi connectivity index (χ4v) is 10.8. The molecule has 0 nitrogen and oxygen atoms in total. The van der Waals surface area contributed by atoms with E-state index in [0.717, 1.165) is 22.0 Å². The topological polar surface area (TPSA) is 0 Å². The number of rotatable bonds is 4. The number of hydrogen-bond donors (Lipinski definition) is 0. The van der Waals surface area contributed by atoms with Crippen molar-refractivity contribution in [2.45, 2.75) is 52.2 Å². The van der Waals surface area contributed by atoms with Gasteiger partial charge in [0.15, 0.2) is 0 Å². The van der Waals surface area contributed by atoms with Gasteiger partial charge in [-0.2, -0.15) is 0 Å². The number of benzene rings is 5. The summed E-state index contributed by atoms with van der Waals surface area (Å²) in [6, 6.07) is 25.3. The van der Waals surface area contributed by atoms with Crippen LogP contribution in [0.15, 0.2) is 72.8 Å². The van der Waals surface area contributed by atoms with Crippen molar-refractivity contribution in [2.24, 2.45) is 0 Å². The molecule has 0 aliphatic heterocycles. The molecule has 0 N–H and O–H groups in total. The molecule has 226 valence electrons. The van der Waals surface area contributed by atoms with Gasteiger partial charge < -0.3 is 24.8 Å². The average molecular weight is 704 g/mol. The number of allylic oxidation sites excluding steroid dienone is 1. The van der Waals surface area contributed by atoms with Gasteiger partial charge in [-0.25, -0.2) is 0 Å². The van der Waals surface area contributed by atoms with Crippen molar-refractivity contribution in [3.63, 3.8) is 0 Å². The quantitative estimate of drug-likeness (QED) is 0.221. The van der Waals surface area contributed by atoms with Crippen molar-refractivity contribution < 1.29 is 44.0 Å². The second-order valence-electron chi connectivity index (χ2n) is 12.5. The third-order valence-corrected chi connectivity index (χ3v) is 12.3. The molecule has 5 aromatic rings. The Balaban J connectivity index is 0.00000200. The van der Waals surface area contributed by atoms with Crippen molar-refractivity contribution in [3.05, 3.63) is 138 Å². The predicted molar refractivity (Wildman–Crippen MR) is 182 cm³/mol. The minimum atomic E-state index is -0.616. The van der Waals surface area contributed by atoms with Crippen molar-refractivity contribution in [1.82, 2.24) is 0 Å². The third kappa shape index (κ3) is 6.00. The maximum atomic E-state index is 6.81. The van der Waals surface area contributed by atoms with Crippen molar-refractivity contribution >= 4 is 33.1 Å². The van der Waals surface area contributed by atoms with Gasteiger partial charge in [-0.1, -0.05) is 0 Å². The summed E-state index contributed by atoms with van der Waals surface area (Å²) in [5, 5.41) is 1.62. The van der Waals surface area contributed by atoms with E-state index in [9.17, 15) is 0 Å². The molecule has 2 aliphatic rings. The van der Waals surface area contributed by atoms with E-state index in [0.29, 0.717) is 4.22 Å². The van der Waals surface area contributed by atoms with E-state index in [1.54, 1.807) is 0 Å². The maximum Gasteiger partial charge on any atom is -1.00 e. The van der Waals surface area contributed by atoms with E-state index < -0.39 is 19.2 Å². The Morgan fingerprint density at radius 1 is 0.622 bits per heavy atom. The Morgan fingerprint density at radius 2 is 1.18 bits per heavy atom. The molecule has 0 saturated heterocycles. The van der Waals surface area contributed by atoms with Crippen LogP contribution >= 0.6 is 23.2 Å². The molecule has 0 spiro atoms. The first-order valence-corrected chi connectivity index (χ1v) is 17.4. The Morgan fingerprint density at radius 3 is 1.80 bits per heavy atom. The molecule has 0 radical (unpaired) electrons. The first-order valence-electron chi connectivity index (χ1n) is 15.0. The molecule has 7 rings (SSSR count). The van der Waals surface area contributed by atoms with Gasteiger partial charge in [-0.3, -0.25) is 0 Å². The summed E-state index contributed by atoms with van der Waals surface area (Å²) in [5.74, 6) is 0. The molecule has 2 aliphatic carbocycles. The van der Waals surface area contributed by atoms with E-state index >= 15 is 0 Å². The molecular weight excluding hydrogens is 670 g/mol. The van der Waals surface area contributed by atoms with Gasteiger partial charge >= 0.3 is 276 Å². The smallest absolute Gasteiger partial charge is 1.00 e. The van der Waals surface area contributed by atoms with Crippen LogP contribution in [0, 0.1) is 41.5 Å². The normalized spacial score (nSPS) is 13.8. The van der Waals surface area contributed by atoms with E-state index in [1.807, 2.05) is 12.1 Å². The predicted octanol–water partition coefficient (Wildman–Crippen LogP) is 5.23. The van der Waals surface area contributed by atoms with Gasteiger partial charge in [0, 0.05) is 0 Å². The van der Waals surface area contributed by atoms with E-state index in [-0.39, 0.29) is 24.8 Å². The Hall–Kier alpha value is -2.29. The summed E-state index contributed by atoms with van der Waals surface area (Å²) in [4.78, 5) is 0. The van der Waals surface area contributed by atoms with Gasteiger partial charge in [-0.05, 0) is 0 Å². The van der Waals surface area contributed by atoms with E-state index in [2.05, 4.69) is 108 Å². The van der Waals surface area contributed by atoms with Crippen LogP contribution in [0.3, 0.4) is 0 Å². The molecule has 5 heteroatoms. The first kappa shape index (κ1) is 34.1. The van der Waals surface area contributed by atoms with Crippen LogP contribution in [0.25, 0.3) is 39.5 Å². The zero-order valence-corrected chi connectivity index (χ0v) is 30.9. The Kier molecular flexibility index (Phi) is 9.90.